The van der Waals surface area contributed by atoms with E-state index in [1.165, 1.54) is 12.1 Å². The number of benzene rings is 2. The molecule has 1 atom stereocenters. The molecule has 0 bridgehead atoms. The molecule has 2 N–H and O–H groups in total. The highest BCUT2D eigenvalue weighted by Gasteiger charge is 2.17. The van der Waals surface area contributed by atoms with Crippen LogP contribution in [-0.2, 0) is 0 Å². The summed E-state index contributed by atoms with van der Waals surface area (Å²) >= 11 is 0. The molecular weight excluding hydrogens is 367 g/mol. The van der Waals surface area contributed by atoms with E-state index in [-0.39, 0.29) is 11.7 Å². The normalized spacial score (nSPS) is 12.4. The van der Waals surface area contributed by atoms with E-state index < -0.39 is 0 Å². The highest BCUT2D eigenvalue weighted by atomic mass is 19.1. The molecule has 0 saturated carbocycles. The Morgan fingerprint density at radius 1 is 1.00 bits per heavy atom. The van der Waals surface area contributed by atoms with Crippen LogP contribution in [0, 0.1) is 5.82 Å². The lowest BCUT2D eigenvalue weighted by Crippen LogP contribution is -2.10. The van der Waals surface area contributed by atoms with Crippen molar-refractivity contribution in [3.05, 3.63) is 90.4 Å². The van der Waals surface area contributed by atoms with Gasteiger partial charge in [-0.15, -0.1) is 0 Å². The second-order valence-corrected chi connectivity index (χ2v) is 6.95. The number of H-pyrrole nitrogens is 1. The first-order chi connectivity index (χ1) is 14.3. The molecule has 5 nitrogen and oxygen atoms in total. The third kappa shape index (κ3) is 3.33. The lowest BCUT2D eigenvalue weighted by atomic mass is 9.93. The number of nitrogens with zero attached hydrogens (tertiary/aromatic N) is 2. The fourth-order valence-corrected chi connectivity index (χ4v) is 3.77. The van der Waals surface area contributed by atoms with E-state index in [2.05, 4.69) is 20.3 Å². The van der Waals surface area contributed by atoms with Crippen molar-refractivity contribution in [2.45, 2.75) is 12.3 Å². The van der Waals surface area contributed by atoms with E-state index in [1.807, 2.05) is 48.5 Å². The number of hydrogen-bond acceptors (Lipinski definition) is 4. The number of aromatic nitrogens is 3. The van der Waals surface area contributed by atoms with Crippen molar-refractivity contribution >= 4 is 27.8 Å². The predicted octanol–water partition coefficient (Wildman–Crippen LogP) is 5.48. The molecule has 0 aliphatic carbocycles. The summed E-state index contributed by atoms with van der Waals surface area (Å²) in [6, 6.07) is 18.5. The predicted molar refractivity (Wildman–Crippen MR) is 111 cm³/mol. The molecule has 0 radical (unpaired) electrons. The van der Waals surface area contributed by atoms with Crippen molar-refractivity contribution in [3.63, 3.8) is 0 Å². The maximum absolute atomic E-state index is 13.3. The summed E-state index contributed by atoms with van der Waals surface area (Å²) in [5, 5.41) is 4.50. The molecule has 3 heterocycles. The van der Waals surface area contributed by atoms with Gasteiger partial charge in [-0.3, -0.25) is 0 Å². The van der Waals surface area contributed by atoms with E-state index in [0.29, 0.717) is 6.54 Å². The molecule has 29 heavy (non-hydrogen) atoms. The number of furan rings is 1. The van der Waals surface area contributed by atoms with Gasteiger partial charge in [-0.25, -0.2) is 14.4 Å². The number of nitrogens with one attached hydrogen (secondary N) is 2. The molecule has 0 spiro atoms. The SMILES string of the molecule is Fc1ccc([C@@H](CCNc2ncnc3c2[nH]c2ccccc23)c2ccco2)cc1. The fraction of sp³-hybridized carbons (Fsp3) is 0.130. The number of aromatic amines is 1. The molecule has 5 rings (SSSR count). The quantitative estimate of drug-likeness (QED) is 0.406. The van der Waals surface area contributed by atoms with Gasteiger partial charge in [-0.1, -0.05) is 30.3 Å². The number of hydrogen-bond donors (Lipinski definition) is 2. The van der Waals surface area contributed by atoms with Gasteiger partial charge in [0.1, 0.15) is 28.9 Å². The van der Waals surface area contributed by atoms with Crippen molar-refractivity contribution in [2.75, 3.05) is 11.9 Å². The van der Waals surface area contributed by atoms with Gasteiger partial charge in [-0.05, 0) is 42.3 Å². The molecule has 0 saturated heterocycles. The summed E-state index contributed by atoms with van der Waals surface area (Å²) in [5.74, 6) is 1.41. The van der Waals surface area contributed by atoms with Crippen molar-refractivity contribution in [1.29, 1.82) is 0 Å². The number of halogens is 1. The van der Waals surface area contributed by atoms with Crippen molar-refractivity contribution < 1.29 is 8.81 Å². The largest absolute Gasteiger partial charge is 0.469 e. The molecule has 6 heteroatoms. The Labute approximate surface area is 166 Å². The summed E-state index contributed by atoms with van der Waals surface area (Å²) in [5.41, 5.74) is 3.84. The van der Waals surface area contributed by atoms with Gasteiger partial charge in [0.25, 0.3) is 0 Å². The van der Waals surface area contributed by atoms with Crippen LogP contribution in [0.1, 0.15) is 23.7 Å². The molecule has 0 aliphatic rings. The summed E-state index contributed by atoms with van der Waals surface area (Å²) < 4.78 is 19.0. The third-order valence-electron chi connectivity index (χ3n) is 5.17. The Morgan fingerprint density at radius 3 is 2.69 bits per heavy atom. The Kier molecular flexibility index (Phi) is 4.44. The minimum absolute atomic E-state index is 0.0261. The van der Waals surface area contributed by atoms with E-state index in [4.69, 9.17) is 4.42 Å². The zero-order valence-corrected chi connectivity index (χ0v) is 15.6. The maximum atomic E-state index is 13.3. The van der Waals surface area contributed by atoms with Gasteiger partial charge in [0.15, 0.2) is 5.82 Å². The van der Waals surface area contributed by atoms with E-state index in [9.17, 15) is 4.39 Å². The average Bonchev–Trinajstić information content (AvgIpc) is 3.40. The zero-order chi connectivity index (χ0) is 19.6. The van der Waals surface area contributed by atoms with Crippen LogP contribution in [0.25, 0.3) is 21.9 Å². The Bertz CT molecular complexity index is 1250. The molecular formula is C23H19FN4O. The van der Waals surface area contributed by atoms with Gasteiger partial charge in [0.05, 0.1) is 6.26 Å². The smallest absolute Gasteiger partial charge is 0.153 e. The highest BCUT2D eigenvalue weighted by Crippen LogP contribution is 2.30. The molecule has 144 valence electrons. The van der Waals surface area contributed by atoms with Crippen LogP contribution in [0.15, 0.2) is 77.7 Å². The summed E-state index contributed by atoms with van der Waals surface area (Å²) in [7, 11) is 0. The molecule has 3 aromatic heterocycles. The maximum Gasteiger partial charge on any atom is 0.153 e. The first-order valence-corrected chi connectivity index (χ1v) is 9.54. The van der Waals surface area contributed by atoms with Crippen LogP contribution in [-0.4, -0.2) is 21.5 Å². The average molecular weight is 386 g/mol. The van der Waals surface area contributed by atoms with Crippen LogP contribution in [0.4, 0.5) is 10.2 Å². The van der Waals surface area contributed by atoms with Gasteiger partial charge in [-0.2, -0.15) is 0 Å². The first-order valence-electron chi connectivity index (χ1n) is 9.54. The molecule has 0 aliphatic heterocycles. The van der Waals surface area contributed by atoms with Gasteiger partial charge < -0.3 is 14.7 Å². The van der Waals surface area contributed by atoms with Crippen LogP contribution >= 0.6 is 0 Å². The first kappa shape index (κ1) is 17.4. The second kappa shape index (κ2) is 7.39. The minimum atomic E-state index is -0.243. The van der Waals surface area contributed by atoms with Crippen LogP contribution < -0.4 is 5.32 Å². The van der Waals surface area contributed by atoms with E-state index in [1.54, 1.807) is 12.6 Å². The van der Waals surface area contributed by atoms with Crippen molar-refractivity contribution in [2.24, 2.45) is 0 Å². The van der Waals surface area contributed by atoms with E-state index >= 15 is 0 Å². The highest BCUT2D eigenvalue weighted by molar-refractivity contribution is 6.07. The summed E-state index contributed by atoms with van der Waals surface area (Å²) in [6.07, 6.45) is 4.01. The second-order valence-electron chi connectivity index (χ2n) is 6.95. The van der Waals surface area contributed by atoms with Gasteiger partial charge in [0, 0.05) is 23.4 Å². The number of rotatable bonds is 6. The van der Waals surface area contributed by atoms with Gasteiger partial charge >= 0.3 is 0 Å². The number of fused-ring (bicyclic) bond motifs is 3. The molecule has 2 aromatic carbocycles. The third-order valence-corrected chi connectivity index (χ3v) is 5.17. The van der Waals surface area contributed by atoms with Crippen LogP contribution in [0.5, 0.6) is 0 Å². The van der Waals surface area contributed by atoms with Crippen LogP contribution in [0.3, 0.4) is 0 Å². The molecule has 5 aromatic rings. The van der Waals surface area contributed by atoms with Crippen LogP contribution in [0.2, 0.25) is 0 Å². The summed E-state index contributed by atoms with van der Waals surface area (Å²) in [4.78, 5) is 12.3. The number of para-hydroxylation sites is 1. The Hall–Kier alpha value is -3.67. The zero-order valence-electron chi connectivity index (χ0n) is 15.6. The molecule has 0 amide bonds. The standard InChI is InChI=1S/C23H19FN4O/c24-16-9-7-15(8-10-16)17(20-6-3-13-29-20)11-12-25-23-22-21(26-14-27-23)18-4-1-2-5-19(18)28-22/h1-10,13-14,17,28H,11-12H2,(H,25,26,27)/t17-/m1/s1. The van der Waals surface area contributed by atoms with Crippen molar-refractivity contribution in [3.8, 4) is 0 Å². The fourth-order valence-electron chi connectivity index (χ4n) is 3.77. The van der Waals surface area contributed by atoms with E-state index in [0.717, 1.165) is 45.5 Å². The monoisotopic (exact) mass is 386 g/mol. The number of anilines is 1. The lowest BCUT2D eigenvalue weighted by Gasteiger charge is -2.16. The molecule has 0 fully saturated rings. The molecule has 0 unspecified atom stereocenters. The summed E-state index contributed by atoms with van der Waals surface area (Å²) in [6.45, 7) is 0.671. The van der Waals surface area contributed by atoms with Crippen molar-refractivity contribution in [1.82, 2.24) is 15.0 Å². The lowest BCUT2D eigenvalue weighted by molar-refractivity contribution is 0.477. The Morgan fingerprint density at radius 2 is 1.86 bits per heavy atom. The topological polar surface area (TPSA) is 66.7 Å². The Balaban J connectivity index is 1.39. The van der Waals surface area contributed by atoms with Gasteiger partial charge in [0.2, 0.25) is 0 Å². The minimum Gasteiger partial charge on any atom is -0.469 e.